The molecule has 6 heteroatoms. The predicted octanol–water partition coefficient (Wildman–Crippen LogP) is 3.01. The lowest BCUT2D eigenvalue weighted by atomic mass is 10.2. The van der Waals surface area contributed by atoms with Crippen LogP contribution in [0.15, 0.2) is 48.5 Å². The fourth-order valence-electron chi connectivity index (χ4n) is 3.65. The lowest BCUT2D eigenvalue weighted by molar-refractivity contribution is 0.0917. The van der Waals surface area contributed by atoms with Crippen molar-refractivity contribution in [2.75, 3.05) is 26.2 Å². The Labute approximate surface area is 172 Å². The summed E-state index contributed by atoms with van der Waals surface area (Å²) in [6, 6.07) is 15.8. The maximum atomic E-state index is 10.6. The Balaban J connectivity index is 1.77. The summed E-state index contributed by atoms with van der Waals surface area (Å²) in [6.07, 6.45) is -0.703. The first-order chi connectivity index (χ1) is 14.0. The second-order valence-corrected chi connectivity index (χ2v) is 7.33. The quantitative estimate of drug-likeness (QED) is 0.554. The highest BCUT2D eigenvalue weighted by Gasteiger charge is 2.15. The number of likely N-dealkylation sites (N-methyl/N-ethyl adjacent to an activating group) is 1. The van der Waals surface area contributed by atoms with Gasteiger partial charge in [0.15, 0.2) is 0 Å². The molecule has 3 aromatic rings. The molecule has 0 amide bonds. The van der Waals surface area contributed by atoms with E-state index in [1.165, 1.54) is 0 Å². The monoisotopic (exact) mass is 396 g/mol. The molecule has 1 heterocycles. The molecule has 0 saturated carbocycles. The number of aliphatic hydroxyl groups is 1. The lowest BCUT2D eigenvalue weighted by Crippen LogP contribution is -2.34. The SMILES string of the molecule is CCN(CC)CCn1c(=N)n(C[C@@H](O)COc2ccccc2C)c2ccccc21. The van der Waals surface area contributed by atoms with Gasteiger partial charge in [0.25, 0.3) is 0 Å². The zero-order valence-corrected chi connectivity index (χ0v) is 17.6. The number of imidazole rings is 1. The number of hydrogen-bond acceptors (Lipinski definition) is 4. The summed E-state index contributed by atoms with van der Waals surface area (Å²) in [4.78, 5) is 2.35. The highest BCUT2D eigenvalue weighted by molar-refractivity contribution is 5.75. The second kappa shape index (κ2) is 9.76. The summed E-state index contributed by atoms with van der Waals surface area (Å²) < 4.78 is 9.71. The Bertz CT molecular complexity index is 988. The predicted molar refractivity (Wildman–Crippen MR) is 116 cm³/mol. The highest BCUT2D eigenvalue weighted by Crippen LogP contribution is 2.17. The van der Waals surface area contributed by atoms with Crippen molar-refractivity contribution < 1.29 is 9.84 Å². The first-order valence-corrected chi connectivity index (χ1v) is 10.4. The molecule has 0 unspecified atom stereocenters. The van der Waals surface area contributed by atoms with Gasteiger partial charge in [0, 0.05) is 13.1 Å². The number of aromatic nitrogens is 2. The van der Waals surface area contributed by atoms with Crippen LogP contribution in [0.25, 0.3) is 11.0 Å². The van der Waals surface area contributed by atoms with Crippen LogP contribution < -0.4 is 10.4 Å². The third-order valence-electron chi connectivity index (χ3n) is 5.43. The molecule has 156 valence electrons. The Morgan fingerprint density at radius 1 is 1.00 bits per heavy atom. The highest BCUT2D eigenvalue weighted by atomic mass is 16.5. The molecule has 1 aromatic heterocycles. The van der Waals surface area contributed by atoms with Crippen molar-refractivity contribution >= 4 is 11.0 Å². The van der Waals surface area contributed by atoms with E-state index in [-0.39, 0.29) is 6.61 Å². The number of fused-ring (bicyclic) bond motifs is 1. The zero-order valence-electron chi connectivity index (χ0n) is 17.6. The summed E-state index contributed by atoms with van der Waals surface area (Å²) in [5.41, 5.74) is 3.44. The van der Waals surface area contributed by atoms with Crippen LogP contribution in [0.2, 0.25) is 0 Å². The van der Waals surface area contributed by atoms with Crippen LogP contribution in [0, 0.1) is 12.3 Å². The number of aryl methyl sites for hydroxylation is 1. The number of benzene rings is 2. The zero-order chi connectivity index (χ0) is 20.8. The van der Waals surface area contributed by atoms with Gasteiger partial charge in [-0.15, -0.1) is 0 Å². The van der Waals surface area contributed by atoms with Crippen molar-refractivity contribution in [1.82, 2.24) is 14.0 Å². The van der Waals surface area contributed by atoms with Gasteiger partial charge < -0.3 is 23.9 Å². The molecular weight excluding hydrogens is 364 g/mol. The summed E-state index contributed by atoms with van der Waals surface area (Å²) in [5.74, 6) is 0.782. The molecule has 0 aliphatic heterocycles. The molecule has 0 aliphatic carbocycles. The number of nitrogens with one attached hydrogen (secondary N) is 1. The molecule has 2 aromatic carbocycles. The van der Waals surface area contributed by atoms with Crippen LogP contribution in [0.3, 0.4) is 0 Å². The largest absolute Gasteiger partial charge is 0.491 e. The average molecular weight is 397 g/mol. The number of rotatable bonds is 10. The van der Waals surface area contributed by atoms with E-state index >= 15 is 0 Å². The fraction of sp³-hybridized carbons (Fsp3) is 0.435. The summed E-state index contributed by atoms with van der Waals surface area (Å²) in [5, 5.41) is 19.3. The van der Waals surface area contributed by atoms with Gasteiger partial charge in [-0.05, 0) is 43.8 Å². The molecule has 2 N–H and O–H groups in total. The summed E-state index contributed by atoms with van der Waals surface area (Å²) >= 11 is 0. The van der Waals surface area contributed by atoms with E-state index in [9.17, 15) is 5.11 Å². The van der Waals surface area contributed by atoms with Crippen LogP contribution in [0.1, 0.15) is 19.4 Å². The molecule has 0 fully saturated rings. The van der Waals surface area contributed by atoms with Crippen LogP contribution in [-0.4, -0.2) is 51.5 Å². The lowest BCUT2D eigenvalue weighted by Gasteiger charge is -2.18. The minimum Gasteiger partial charge on any atom is -0.491 e. The van der Waals surface area contributed by atoms with Gasteiger partial charge in [0.05, 0.1) is 17.6 Å². The Kier molecular flexibility index (Phi) is 7.12. The molecule has 1 atom stereocenters. The molecule has 3 rings (SSSR count). The van der Waals surface area contributed by atoms with E-state index in [4.69, 9.17) is 10.1 Å². The van der Waals surface area contributed by atoms with Crippen LogP contribution in [0.5, 0.6) is 5.75 Å². The number of nitrogens with zero attached hydrogens (tertiary/aromatic N) is 3. The van der Waals surface area contributed by atoms with Crippen molar-refractivity contribution in [1.29, 1.82) is 5.41 Å². The normalized spacial score (nSPS) is 12.6. The molecular formula is C23H32N4O2. The topological polar surface area (TPSA) is 66.4 Å². The van der Waals surface area contributed by atoms with Crippen molar-refractivity contribution in [2.45, 2.75) is 40.0 Å². The van der Waals surface area contributed by atoms with E-state index in [1.54, 1.807) is 0 Å². The molecule has 6 nitrogen and oxygen atoms in total. The Morgan fingerprint density at radius 3 is 2.28 bits per heavy atom. The van der Waals surface area contributed by atoms with E-state index in [0.29, 0.717) is 12.2 Å². The van der Waals surface area contributed by atoms with Gasteiger partial charge in [0.1, 0.15) is 18.5 Å². The van der Waals surface area contributed by atoms with E-state index < -0.39 is 6.10 Å². The number of ether oxygens (including phenoxy) is 1. The first kappa shape index (κ1) is 21.1. The molecule has 0 radical (unpaired) electrons. The van der Waals surface area contributed by atoms with Gasteiger partial charge in [-0.2, -0.15) is 0 Å². The maximum absolute atomic E-state index is 10.6. The van der Waals surface area contributed by atoms with Gasteiger partial charge in [-0.3, -0.25) is 5.41 Å². The molecule has 0 saturated heterocycles. The standard InChI is InChI=1S/C23H32N4O2/c1-4-25(5-2)14-15-26-20-11-7-8-12-21(20)27(23(26)24)16-19(28)17-29-22-13-9-6-10-18(22)3/h6-13,19,24,28H,4-5,14-17H2,1-3H3/t19-/m1/s1. The molecule has 29 heavy (non-hydrogen) atoms. The van der Waals surface area contributed by atoms with Gasteiger partial charge in [-0.25, -0.2) is 0 Å². The molecule has 0 bridgehead atoms. The van der Waals surface area contributed by atoms with Crippen molar-refractivity contribution in [3.05, 3.63) is 59.7 Å². The Morgan fingerprint density at radius 2 is 1.62 bits per heavy atom. The van der Waals surface area contributed by atoms with Gasteiger partial charge in [-0.1, -0.05) is 44.2 Å². The fourth-order valence-corrected chi connectivity index (χ4v) is 3.65. The minimum atomic E-state index is -0.703. The first-order valence-electron chi connectivity index (χ1n) is 10.4. The van der Waals surface area contributed by atoms with E-state index in [2.05, 4.69) is 18.7 Å². The number of aliphatic hydroxyl groups excluding tert-OH is 1. The van der Waals surface area contributed by atoms with Crippen LogP contribution in [0.4, 0.5) is 0 Å². The van der Waals surface area contributed by atoms with Gasteiger partial charge in [0.2, 0.25) is 5.62 Å². The maximum Gasteiger partial charge on any atom is 0.203 e. The summed E-state index contributed by atoms with van der Waals surface area (Å²) in [6.45, 7) is 10.5. The Hall–Kier alpha value is -2.57. The third-order valence-corrected chi connectivity index (χ3v) is 5.43. The smallest absolute Gasteiger partial charge is 0.203 e. The van der Waals surface area contributed by atoms with E-state index in [1.807, 2.05) is 64.6 Å². The van der Waals surface area contributed by atoms with E-state index in [0.717, 1.165) is 48.5 Å². The van der Waals surface area contributed by atoms with Gasteiger partial charge >= 0.3 is 0 Å². The molecule has 0 aliphatic rings. The second-order valence-electron chi connectivity index (χ2n) is 7.33. The summed E-state index contributed by atoms with van der Waals surface area (Å²) in [7, 11) is 0. The molecule has 0 spiro atoms. The van der Waals surface area contributed by atoms with Crippen molar-refractivity contribution in [3.63, 3.8) is 0 Å². The van der Waals surface area contributed by atoms with Crippen LogP contribution in [-0.2, 0) is 13.1 Å². The average Bonchev–Trinajstić information content (AvgIpc) is 2.99. The van der Waals surface area contributed by atoms with Crippen LogP contribution >= 0.6 is 0 Å². The number of para-hydroxylation sites is 3. The third kappa shape index (κ3) is 4.89. The number of hydrogen-bond donors (Lipinski definition) is 2. The van der Waals surface area contributed by atoms with Crippen molar-refractivity contribution in [2.24, 2.45) is 0 Å². The minimum absolute atomic E-state index is 0.191. The van der Waals surface area contributed by atoms with Crippen molar-refractivity contribution in [3.8, 4) is 5.75 Å².